The summed E-state index contributed by atoms with van der Waals surface area (Å²) in [4.78, 5) is 13.7. The summed E-state index contributed by atoms with van der Waals surface area (Å²) in [6.07, 6.45) is 5.92. The Bertz CT molecular complexity index is 943. The van der Waals surface area contributed by atoms with Crippen LogP contribution in [0.5, 0.6) is 0 Å². The van der Waals surface area contributed by atoms with Gasteiger partial charge >= 0.3 is 0 Å². The van der Waals surface area contributed by atoms with Gasteiger partial charge in [-0.2, -0.15) is 0 Å². The molecule has 1 saturated heterocycles. The van der Waals surface area contributed by atoms with Gasteiger partial charge in [-0.15, -0.1) is 0 Å². The first-order chi connectivity index (χ1) is 14.4. The second-order valence-electron chi connectivity index (χ2n) is 8.47. The molecule has 0 unspecified atom stereocenters. The molecular weight excluding hydrogens is 422 g/mol. The molecule has 1 amide bonds. The summed E-state index contributed by atoms with van der Waals surface area (Å²) in [5.74, 6) is -1.16. The van der Waals surface area contributed by atoms with Crippen LogP contribution >= 0.6 is 23.2 Å². The van der Waals surface area contributed by atoms with Gasteiger partial charge in [-0.05, 0) is 48.6 Å². The molecule has 6 heteroatoms. The maximum absolute atomic E-state index is 14.9. The van der Waals surface area contributed by atoms with E-state index < -0.39 is 5.82 Å². The molecule has 0 bridgehead atoms. The number of carbonyl (C=O) groups is 1. The van der Waals surface area contributed by atoms with Gasteiger partial charge < -0.3 is 10.6 Å². The molecule has 1 spiro atoms. The number of nitrogens with one attached hydrogen (secondary N) is 2. The van der Waals surface area contributed by atoms with E-state index in [-0.39, 0.29) is 28.3 Å². The molecule has 1 aliphatic carbocycles. The Morgan fingerprint density at radius 3 is 2.70 bits per heavy atom. The number of carbonyl (C=O) groups excluding carboxylic acids is 1. The minimum absolute atomic E-state index is 0.0803. The highest BCUT2D eigenvalue weighted by Crippen LogP contribution is 2.47. The molecule has 2 aromatic rings. The van der Waals surface area contributed by atoms with Crippen molar-refractivity contribution in [2.75, 3.05) is 11.9 Å². The van der Waals surface area contributed by atoms with Gasteiger partial charge in [0.15, 0.2) is 0 Å². The predicted octanol–water partition coefficient (Wildman–Crippen LogP) is 6.34. The van der Waals surface area contributed by atoms with Gasteiger partial charge in [-0.1, -0.05) is 67.6 Å². The van der Waals surface area contributed by atoms with Crippen molar-refractivity contribution in [3.05, 3.63) is 63.4 Å². The molecule has 3 nitrogen and oxygen atoms in total. The summed E-state index contributed by atoms with van der Waals surface area (Å²) in [5.41, 5.74) is 1.96. The highest BCUT2D eigenvalue weighted by Gasteiger charge is 2.53. The Hall–Kier alpha value is -1.62. The lowest BCUT2D eigenvalue weighted by atomic mass is 9.69. The van der Waals surface area contributed by atoms with E-state index in [9.17, 15) is 9.18 Å². The average Bonchev–Trinajstić information content (AvgIpc) is 3.09. The molecule has 1 saturated carbocycles. The highest BCUT2D eigenvalue weighted by atomic mass is 35.5. The molecule has 1 aliphatic heterocycles. The lowest BCUT2D eigenvalue weighted by molar-refractivity contribution is -0.122. The lowest BCUT2D eigenvalue weighted by Gasteiger charge is -2.39. The van der Waals surface area contributed by atoms with Crippen molar-refractivity contribution in [1.29, 1.82) is 0 Å². The van der Waals surface area contributed by atoms with Crippen LogP contribution in [0.15, 0.2) is 36.4 Å². The van der Waals surface area contributed by atoms with Crippen LogP contribution in [-0.2, 0) is 11.2 Å². The van der Waals surface area contributed by atoms with Crippen molar-refractivity contribution in [2.24, 2.45) is 5.92 Å². The first kappa shape index (κ1) is 21.6. The van der Waals surface area contributed by atoms with Crippen LogP contribution in [0.4, 0.5) is 10.1 Å². The molecule has 0 aromatic heterocycles. The zero-order valence-electron chi connectivity index (χ0n) is 17.1. The average molecular weight is 449 g/mol. The molecule has 2 fully saturated rings. The maximum atomic E-state index is 14.9. The molecule has 2 atom stereocenters. The van der Waals surface area contributed by atoms with E-state index in [2.05, 4.69) is 10.6 Å². The summed E-state index contributed by atoms with van der Waals surface area (Å²) in [7, 11) is 0. The minimum atomic E-state index is -0.423. The smallest absolute Gasteiger partial charge is 0.230 e. The largest absolute Gasteiger partial charge is 0.325 e. The van der Waals surface area contributed by atoms with Gasteiger partial charge in [0.25, 0.3) is 0 Å². The molecule has 160 valence electrons. The Kier molecular flexibility index (Phi) is 6.38. The third-order valence-corrected chi connectivity index (χ3v) is 7.32. The summed E-state index contributed by atoms with van der Waals surface area (Å²) in [5, 5.41) is 7.44. The fourth-order valence-electron chi connectivity index (χ4n) is 5.31. The summed E-state index contributed by atoms with van der Waals surface area (Å²) in [6.45, 7) is 2.61. The molecular formula is C24H27Cl2FN2O. The number of hydrogen-bond acceptors (Lipinski definition) is 2. The van der Waals surface area contributed by atoms with Gasteiger partial charge in [0.2, 0.25) is 5.91 Å². The molecule has 0 radical (unpaired) electrons. The van der Waals surface area contributed by atoms with Gasteiger partial charge in [0, 0.05) is 28.7 Å². The number of rotatable bonds is 4. The summed E-state index contributed by atoms with van der Waals surface area (Å²) in [6, 6.07) is 10.6. The quantitative estimate of drug-likeness (QED) is 0.572. The van der Waals surface area contributed by atoms with Crippen LogP contribution in [0.25, 0.3) is 0 Å². The number of halogens is 3. The summed E-state index contributed by atoms with van der Waals surface area (Å²) < 4.78 is 14.9. The van der Waals surface area contributed by atoms with Crippen molar-refractivity contribution in [2.45, 2.75) is 56.9 Å². The monoisotopic (exact) mass is 448 g/mol. The third kappa shape index (κ3) is 3.98. The molecule has 4 rings (SSSR count). The van der Waals surface area contributed by atoms with Gasteiger partial charge in [-0.3, -0.25) is 4.79 Å². The Labute approximate surface area is 187 Å². The summed E-state index contributed by atoms with van der Waals surface area (Å²) >= 11 is 12.3. The van der Waals surface area contributed by atoms with Crippen molar-refractivity contribution in [1.82, 2.24) is 5.32 Å². The van der Waals surface area contributed by atoms with Crippen LogP contribution in [0, 0.1) is 11.7 Å². The van der Waals surface area contributed by atoms with Crippen molar-refractivity contribution >= 4 is 34.8 Å². The molecule has 2 aromatic carbocycles. The molecule has 30 heavy (non-hydrogen) atoms. The zero-order chi connectivity index (χ0) is 21.3. The number of aryl methyl sites for hydroxylation is 1. The minimum Gasteiger partial charge on any atom is -0.325 e. The van der Waals surface area contributed by atoms with E-state index in [1.54, 1.807) is 24.3 Å². The fourth-order valence-corrected chi connectivity index (χ4v) is 5.66. The zero-order valence-corrected chi connectivity index (χ0v) is 18.6. The van der Waals surface area contributed by atoms with Gasteiger partial charge in [0.1, 0.15) is 5.82 Å². The van der Waals surface area contributed by atoms with Crippen LogP contribution in [0.3, 0.4) is 0 Å². The van der Waals surface area contributed by atoms with Crippen LogP contribution in [-0.4, -0.2) is 18.0 Å². The van der Waals surface area contributed by atoms with E-state index in [1.807, 2.05) is 19.1 Å². The second-order valence-corrected chi connectivity index (χ2v) is 9.31. The normalized spacial score (nSPS) is 22.9. The Morgan fingerprint density at radius 1 is 1.20 bits per heavy atom. The lowest BCUT2D eigenvalue weighted by Crippen LogP contribution is -2.50. The van der Waals surface area contributed by atoms with Crippen molar-refractivity contribution in [3.63, 3.8) is 0 Å². The van der Waals surface area contributed by atoms with E-state index in [0.29, 0.717) is 17.1 Å². The van der Waals surface area contributed by atoms with Crippen molar-refractivity contribution < 1.29 is 9.18 Å². The van der Waals surface area contributed by atoms with Crippen LogP contribution < -0.4 is 10.6 Å². The van der Waals surface area contributed by atoms with E-state index in [1.165, 1.54) is 6.42 Å². The number of benzene rings is 2. The number of amides is 1. The number of hydrogen-bond donors (Lipinski definition) is 2. The second kappa shape index (κ2) is 8.86. The van der Waals surface area contributed by atoms with E-state index >= 15 is 0 Å². The number of anilines is 1. The molecule has 2 N–H and O–H groups in total. The predicted molar refractivity (Wildman–Crippen MR) is 121 cm³/mol. The molecule has 1 heterocycles. The van der Waals surface area contributed by atoms with E-state index in [4.69, 9.17) is 23.2 Å². The van der Waals surface area contributed by atoms with Crippen molar-refractivity contribution in [3.8, 4) is 0 Å². The van der Waals surface area contributed by atoms with Gasteiger partial charge in [-0.25, -0.2) is 4.39 Å². The Morgan fingerprint density at radius 2 is 1.97 bits per heavy atom. The SMILES string of the molecule is CCc1ccc(Cl)cc1NC(=O)[C@H]1[C@@H](c2cccc(Cl)c2F)CNC12CCCCC2. The molecule has 2 aliphatic rings. The van der Waals surface area contributed by atoms with Crippen LogP contribution in [0.1, 0.15) is 56.1 Å². The Balaban J connectivity index is 1.72. The van der Waals surface area contributed by atoms with Gasteiger partial charge in [0.05, 0.1) is 10.9 Å². The maximum Gasteiger partial charge on any atom is 0.230 e. The topological polar surface area (TPSA) is 41.1 Å². The van der Waals surface area contributed by atoms with E-state index in [0.717, 1.165) is 43.4 Å². The third-order valence-electron chi connectivity index (χ3n) is 6.79. The standard InChI is InChI=1S/C24H27Cl2FN2O/c1-2-15-9-10-16(25)13-20(15)29-23(30)21-18(17-7-6-8-19(26)22(17)27)14-28-24(21)11-4-3-5-12-24/h6-10,13,18,21,28H,2-5,11-12,14H2,1H3,(H,29,30)/t18-,21-/m1/s1. The highest BCUT2D eigenvalue weighted by molar-refractivity contribution is 6.31. The van der Waals surface area contributed by atoms with Crippen LogP contribution in [0.2, 0.25) is 10.0 Å². The first-order valence-electron chi connectivity index (χ1n) is 10.7. The fraction of sp³-hybridized carbons (Fsp3) is 0.458. The first-order valence-corrected chi connectivity index (χ1v) is 11.5.